The second kappa shape index (κ2) is 5.95. The molecule has 0 bridgehead atoms. The molecule has 3 heteroatoms. The van der Waals surface area contributed by atoms with E-state index in [1.807, 2.05) is 18.4 Å². The van der Waals surface area contributed by atoms with Gasteiger partial charge in [0.15, 0.2) is 0 Å². The maximum absolute atomic E-state index is 9.11. The van der Waals surface area contributed by atoms with Crippen LogP contribution in [0.5, 0.6) is 0 Å². The summed E-state index contributed by atoms with van der Waals surface area (Å²) in [5.41, 5.74) is 0. The molecule has 0 aromatic rings. The SMILES string of the molecule is O[C@H](CCl)CN=CC1C=CC=CC1. The molecule has 1 aliphatic carbocycles. The molecule has 1 unspecified atom stereocenters. The van der Waals surface area contributed by atoms with E-state index in [9.17, 15) is 0 Å². The quantitative estimate of drug-likeness (QED) is 0.544. The van der Waals surface area contributed by atoms with E-state index in [1.54, 1.807) is 0 Å². The Bertz CT molecular complexity index is 223. The van der Waals surface area contributed by atoms with Crippen molar-refractivity contribution in [2.75, 3.05) is 12.4 Å². The fourth-order valence-corrected chi connectivity index (χ4v) is 1.17. The van der Waals surface area contributed by atoms with Gasteiger partial charge in [-0.25, -0.2) is 0 Å². The highest BCUT2D eigenvalue weighted by Crippen LogP contribution is 2.08. The van der Waals surface area contributed by atoms with Crippen molar-refractivity contribution in [2.24, 2.45) is 10.9 Å². The minimum atomic E-state index is -0.513. The van der Waals surface area contributed by atoms with Gasteiger partial charge in [0, 0.05) is 12.1 Å². The monoisotopic (exact) mass is 199 g/mol. The van der Waals surface area contributed by atoms with Crippen molar-refractivity contribution in [3.63, 3.8) is 0 Å². The van der Waals surface area contributed by atoms with Crippen LogP contribution in [-0.4, -0.2) is 29.8 Å². The molecule has 2 nitrogen and oxygen atoms in total. The van der Waals surface area contributed by atoms with E-state index in [1.165, 1.54) is 0 Å². The Balaban J connectivity index is 2.24. The highest BCUT2D eigenvalue weighted by Gasteiger charge is 2.02. The van der Waals surface area contributed by atoms with Crippen LogP contribution in [0.1, 0.15) is 6.42 Å². The summed E-state index contributed by atoms with van der Waals surface area (Å²) in [7, 11) is 0. The van der Waals surface area contributed by atoms with Crippen LogP contribution in [0.25, 0.3) is 0 Å². The highest BCUT2D eigenvalue weighted by molar-refractivity contribution is 6.18. The van der Waals surface area contributed by atoms with Crippen LogP contribution < -0.4 is 0 Å². The number of nitrogens with zero attached hydrogens (tertiary/aromatic N) is 1. The molecule has 2 atom stereocenters. The molecule has 0 saturated carbocycles. The van der Waals surface area contributed by atoms with E-state index in [4.69, 9.17) is 16.7 Å². The van der Waals surface area contributed by atoms with Crippen LogP contribution in [-0.2, 0) is 0 Å². The molecule has 1 N–H and O–H groups in total. The summed E-state index contributed by atoms with van der Waals surface area (Å²) in [5.74, 6) is 0.630. The van der Waals surface area contributed by atoms with Crippen molar-refractivity contribution in [3.05, 3.63) is 24.3 Å². The molecule has 0 amide bonds. The van der Waals surface area contributed by atoms with Crippen LogP contribution in [0, 0.1) is 5.92 Å². The van der Waals surface area contributed by atoms with Gasteiger partial charge in [0.1, 0.15) is 0 Å². The Kier molecular flexibility index (Phi) is 4.79. The maximum Gasteiger partial charge on any atom is 0.0870 e. The zero-order valence-corrected chi connectivity index (χ0v) is 8.19. The molecule has 1 rings (SSSR count). The van der Waals surface area contributed by atoms with E-state index in [0.717, 1.165) is 6.42 Å². The van der Waals surface area contributed by atoms with Gasteiger partial charge in [0.05, 0.1) is 18.5 Å². The number of allylic oxidation sites excluding steroid dienone is 4. The smallest absolute Gasteiger partial charge is 0.0870 e. The maximum atomic E-state index is 9.11. The molecule has 0 saturated heterocycles. The largest absolute Gasteiger partial charge is 0.390 e. The summed E-state index contributed by atoms with van der Waals surface area (Å²) in [6.07, 6.45) is 10.6. The first-order valence-corrected chi connectivity index (χ1v) is 4.93. The molecule has 0 spiro atoms. The molecule has 0 aromatic carbocycles. The van der Waals surface area contributed by atoms with Crippen LogP contribution in [0.4, 0.5) is 0 Å². The molecule has 0 radical (unpaired) electrons. The van der Waals surface area contributed by atoms with Gasteiger partial charge in [-0.1, -0.05) is 24.3 Å². The number of aliphatic hydroxyl groups is 1. The third-order valence-electron chi connectivity index (χ3n) is 1.80. The van der Waals surface area contributed by atoms with E-state index in [0.29, 0.717) is 12.5 Å². The van der Waals surface area contributed by atoms with Crippen molar-refractivity contribution in [2.45, 2.75) is 12.5 Å². The molecule has 0 heterocycles. The Morgan fingerprint density at radius 1 is 1.62 bits per heavy atom. The van der Waals surface area contributed by atoms with Crippen molar-refractivity contribution >= 4 is 17.8 Å². The zero-order chi connectivity index (χ0) is 9.52. The topological polar surface area (TPSA) is 32.6 Å². The van der Waals surface area contributed by atoms with E-state index in [2.05, 4.69) is 17.1 Å². The first-order valence-electron chi connectivity index (χ1n) is 4.40. The Morgan fingerprint density at radius 2 is 2.46 bits per heavy atom. The number of rotatable bonds is 4. The minimum absolute atomic E-state index is 0.248. The summed E-state index contributed by atoms with van der Waals surface area (Å²) in [6, 6.07) is 0. The highest BCUT2D eigenvalue weighted by atomic mass is 35.5. The molecule has 0 fully saturated rings. The second-order valence-corrected chi connectivity index (χ2v) is 3.34. The van der Waals surface area contributed by atoms with Gasteiger partial charge in [-0.3, -0.25) is 4.99 Å². The van der Waals surface area contributed by atoms with Crippen molar-refractivity contribution in [1.29, 1.82) is 0 Å². The van der Waals surface area contributed by atoms with Crippen LogP contribution >= 0.6 is 11.6 Å². The normalized spacial score (nSPS) is 24.0. The molecule has 0 aromatic heterocycles. The number of alkyl halides is 1. The Hall–Kier alpha value is -0.600. The Morgan fingerprint density at radius 3 is 3.08 bits per heavy atom. The number of halogens is 1. The fourth-order valence-electron chi connectivity index (χ4n) is 1.08. The lowest BCUT2D eigenvalue weighted by Gasteiger charge is -2.06. The summed E-state index contributed by atoms with van der Waals surface area (Å²) >= 11 is 5.42. The van der Waals surface area contributed by atoms with Crippen molar-refractivity contribution < 1.29 is 5.11 Å². The molecule has 72 valence electrons. The molecule has 1 aliphatic rings. The third kappa shape index (κ3) is 4.25. The second-order valence-electron chi connectivity index (χ2n) is 3.03. The van der Waals surface area contributed by atoms with Crippen LogP contribution in [0.3, 0.4) is 0 Å². The summed E-state index contributed by atoms with van der Waals surface area (Å²) < 4.78 is 0. The van der Waals surface area contributed by atoms with E-state index < -0.39 is 6.10 Å². The number of hydrogen-bond donors (Lipinski definition) is 1. The predicted molar refractivity (Wildman–Crippen MR) is 56.5 cm³/mol. The minimum Gasteiger partial charge on any atom is -0.390 e. The van der Waals surface area contributed by atoms with Gasteiger partial charge in [-0.05, 0) is 6.42 Å². The van der Waals surface area contributed by atoms with Gasteiger partial charge >= 0.3 is 0 Å². The lowest BCUT2D eigenvalue weighted by atomic mass is 10.0. The fraction of sp³-hybridized carbons (Fsp3) is 0.500. The van der Waals surface area contributed by atoms with Gasteiger partial charge in [-0.15, -0.1) is 11.6 Å². The average Bonchev–Trinajstić information content (AvgIpc) is 2.19. The van der Waals surface area contributed by atoms with E-state index in [-0.39, 0.29) is 5.88 Å². The number of aliphatic imine (C=N–C) groups is 1. The Labute approximate surface area is 83.6 Å². The van der Waals surface area contributed by atoms with E-state index >= 15 is 0 Å². The van der Waals surface area contributed by atoms with Gasteiger partial charge in [-0.2, -0.15) is 0 Å². The molecular formula is C10H14ClNO. The first kappa shape index (κ1) is 10.5. The first-order chi connectivity index (χ1) is 6.33. The van der Waals surface area contributed by atoms with Crippen molar-refractivity contribution in [3.8, 4) is 0 Å². The molecule has 0 aliphatic heterocycles. The van der Waals surface area contributed by atoms with Gasteiger partial charge < -0.3 is 5.11 Å². The number of aliphatic hydroxyl groups excluding tert-OH is 1. The van der Waals surface area contributed by atoms with Gasteiger partial charge in [0.2, 0.25) is 0 Å². The zero-order valence-electron chi connectivity index (χ0n) is 7.44. The average molecular weight is 200 g/mol. The third-order valence-corrected chi connectivity index (χ3v) is 2.16. The van der Waals surface area contributed by atoms with Gasteiger partial charge in [0.25, 0.3) is 0 Å². The van der Waals surface area contributed by atoms with Crippen LogP contribution in [0.2, 0.25) is 0 Å². The summed E-state index contributed by atoms with van der Waals surface area (Å²) in [4.78, 5) is 4.12. The predicted octanol–water partition coefficient (Wildman–Crippen LogP) is 1.79. The lowest BCUT2D eigenvalue weighted by molar-refractivity contribution is 0.207. The number of hydrogen-bond acceptors (Lipinski definition) is 2. The standard InChI is InChI=1S/C10H14ClNO/c11-6-10(13)8-12-7-9-4-2-1-3-5-9/h1-4,7,9-10,13H,5-6,8H2/t9?,10-/m1/s1. The summed E-state index contributed by atoms with van der Waals surface area (Å²) in [6.45, 7) is 0.400. The lowest BCUT2D eigenvalue weighted by Crippen LogP contribution is -2.13. The molecular weight excluding hydrogens is 186 g/mol. The summed E-state index contributed by atoms with van der Waals surface area (Å²) in [5, 5.41) is 9.11. The van der Waals surface area contributed by atoms with Crippen molar-refractivity contribution in [1.82, 2.24) is 0 Å². The molecule has 13 heavy (non-hydrogen) atoms. The van der Waals surface area contributed by atoms with Crippen LogP contribution in [0.15, 0.2) is 29.3 Å².